The van der Waals surface area contributed by atoms with Crippen LogP contribution in [0.4, 0.5) is 27.8 Å². The van der Waals surface area contributed by atoms with Gasteiger partial charge in [-0.25, -0.2) is 13.8 Å². The molecule has 38 heavy (non-hydrogen) atoms. The number of Topliss-reactive ketones (excluding diaryl/α,β-unsaturated/α-hetero) is 1. The first-order valence-electron chi connectivity index (χ1n) is 11.1. The molecule has 2 amide bonds. The molecule has 0 saturated carbocycles. The highest BCUT2D eigenvalue weighted by Crippen LogP contribution is 2.36. The number of carbonyl (C=O) groups excluding carboxylic acids is 3. The number of anilines is 1. The van der Waals surface area contributed by atoms with Crippen LogP contribution in [-0.4, -0.2) is 46.1 Å². The van der Waals surface area contributed by atoms with Crippen molar-refractivity contribution in [2.75, 3.05) is 19.4 Å². The third-order valence-electron chi connectivity index (χ3n) is 5.54. The topological polar surface area (TPSA) is 84.3 Å². The standard InChI is InChI=1S/C25H22ClF5N4O3/c1-12(36)11-35-20(13(2)18-10-16(27)5-6-19(18)26)21(32-22(35)24(38)34(3)4)33-23(37)14-7-15(25(29,30)31)9-17(28)8-14/h5-10,13H,11H2,1-4H3,(H,33,37)/t13-/m1/s1. The number of halogens is 6. The molecule has 0 spiro atoms. The van der Waals surface area contributed by atoms with Gasteiger partial charge in [0.1, 0.15) is 17.4 Å². The lowest BCUT2D eigenvalue weighted by Gasteiger charge is -2.19. The summed E-state index contributed by atoms with van der Waals surface area (Å²) in [4.78, 5) is 43.3. The van der Waals surface area contributed by atoms with Crippen molar-refractivity contribution in [3.05, 3.63) is 81.3 Å². The fraction of sp³-hybridized carbons (Fsp3) is 0.280. The number of alkyl halides is 3. The molecule has 7 nitrogen and oxygen atoms in total. The monoisotopic (exact) mass is 556 g/mol. The van der Waals surface area contributed by atoms with E-state index in [0.717, 1.165) is 17.0 Å². The lowest BCUT2D eigenvalue weighted by atomic mass is 9.96. The molecule has 0 saturated heterocycles. The van der Waals surface area contributed by atoms with Gasteiger partial charge in [-0.15, -0.1) is 0 Å². The molecule has 1 atom stereocenters. The van der Waals surface area contributed by atoms with Crippen molar-refractivity contribution in [1.29, 1.82) is 0 Å². The fourth-order valence-electron chi connectivity index (χ4n) is 3.80. The summed E-state index contributed by atoms with van der Waals surface area (Å²) in [7, 11) is 2.84. The van der Waals surface area contributed by atoms with Crippen molar-refractivity contribution in [1.82, 2.24) is 14.5 Å². The third kappa shape index (κ3) is 6.18. The number of hydrogen-bond donors (Lipinski definition) is 1. The van der Waals surface area contributed by atoms with E-state index in [1.54, 1.807) is 6.92 Å². The van der Waals surface area contributed by atoms with E-state index in [2.05, 4.69) is 10.3 Å². The summed E-state index contributed by atoms with van der Waals surface area (Å²) in [5.41, 5.74) is -1.77. The predicted octanol–water partition coefficient (Wildman–Crippen LogP) is 5.53. The molecule has 0 aliphatic carbocycles. The van der Waals surface area contributed by atoms with Gasteiger partial charge in [0.05, 0.1) is 17.8 Å². The molecule has 1 heterocycles. The molecule has 0 radical (unpaired) electrons. The van der Waals surface area contributed by atoms with Crippen molar-refractivity contribution in [2.45, 2.75) is 32.5 Å². The Hall–Kier alpha value is -3.80. The van der Waals surface area contributed by atoms with Crippen molar-refractivity contribution in [2.24, 2.45) is 0 Å². The van der Waals surface area contributed by atoms with Crippen LogP contribution >= 0.6 is 11.6 Å². The predicted molar refractivity (Wildman–Crippen MR) is 129 cm³/mol. The number of carbonyl (C=O) groups is 3. The van der Waals surface area contributed by atoms with E-state index in [1.807, 2.05) is 0 Å². The zero-order valence-corrected chi connectivity index (χ0v) is 21.3. The number of aromatic nitrogens is 2. The number of nitrogens with zero attached hydrogens (tertiary/aromatic N) is 3. The maximum atomic E-state index is 14.1. The first-order valence-corrected chi connectivity index (χ1v) is 11.4. The summed E-state index contributed by atoms with van der Waals surface area (Å²) >= 11 is 6.28. The largest absolute Gasteiger partial charge is 0.416 e. The molecule has 202 valence electrons. The van der Waals surface area contributed by atoms with Gasteiger partial charge >= 0.3 is 6.18 Å². The molecule has 0 aliphatic heterocycles. The Labute approximate surface area is 219 Å². The SMILES string of the molecule is CC(=O)Cn1c(C(=O)N(C)C)nc(NC(=O)c2cc(F)cc(C(F)(F)F)c2)c1[C@H](C)c1cc(F)ccc1Cl. The summed E-state index contributed by atoms with van der Waals surface area (Å²) in [5.74, 6) is -5.59. The highest BCUT2D eigenvalue weighted by atomic mass is 35.5. The molecule has 1 aromatic heterocycles. The Kier molecular flexibility index (Phi) is 8.25. The van der Waals surface area contributed by atoms with Crippen LogP contribution in [0.2, 0.25) is 5.02 Å². The number of benzene rings is 2. The van der Waals surface area contributed by atoms with Gasteiger partial charge in [0.15, 0.2) is 5.82 Å². The number of imidazole rings is 1. The van der Waals surface area contributed by atoms with E-state index >= 15 is 0 Å². The number of ketones is 1. The summed E-state index contributed by atoms with van der Waals surface area (Å²) in [6, 6.07) is 4.85. The lowest BCUT2D eigenvalue weighted by molar-refractivity contribution is -0.137. The first-order chi connectivity index (χ1) is 17.6. The second-order valence-corrected chi connectivity index (χ2v) is 9.13. The van der Waals surface area contributed by atoms with Crippen LogP contribution in [0.3, 0.4) is 0 Å². The van der Waals surface area contributed by atoms with Gasteiger partial charge < -0.3 is 14.8 Å². The minimum atomic E-state index is -4.92. The van der Waals surface area contributed by atoms with Crippen LogP contribution in [0.5, 0.6) is 0 Å². The van der Waals surface area contributed by atoms with E-state index in [-0.39, 0.29) is 40.5 Å². The van der Waals surface area contributed by atoms with Crippen LogP contribution in [0.25, 0.3) is 0 Å². The molecule has 0 aliphatic rings. The first kappa shape index (κ1) is 28.8. The molecule has 1 N–H and O–H groups in total. The third-order valence-corrected chi connectivity index (χ3v) is 5.88. The summed E-state index contributed by atoms with van der Waals surface area (Å²) in [6.45, 7) is 2.43. The molecule has 13 heteroatoms. The smallest absolute Gasteiger partial charge is 0.342 e. The Bertz CT molecular complexity index is 1420. The molecule has 2 aromatic carbocycles. The summed E-state index contributed by atoms with van der Waals surface area (Å²) < 4.78 is 68.8. The summed E-state index contributed by atoms with van der Waals surface area (Å²) in [6.07, 6.45) is -4.92. The van der Waals surface area contributed by atoms with Gasteiger partial charge in [-0.2, -0.15) is 13.2 Å². The van der Waals surface area contributed by atoms with Crippen molar-refractivity contribution >= 4 is 35.0 Å². The van der Waals surface area contributed by atoms with Gasteiger partial charge in [-0.3, -0.25) is 14.4 Å². The normalized spacial score (nSPS) is 12.3. The van der Waals surface area contributed by atoms with Gasteiger partial charge in [0.25, 0.3) is 11.8 Å². The lowest BCUT2D eigenvalue weighted by Crippen LogP contribution is -2.27. The van der Waals surface area contributed by atoms with Crippen molar-refractivity contribution in [3.63, 3.8) is 0 Å². The maximum absolute atomic E-state index is 14.1. The number of rotatable bonds is 7. The minimum Gasteiger partial charge on any atom is -0.342 e. The Morgan fingerprint density at radius 3 is 2.32 bits per heavy atom. The van der Waals surface area contributed by atoms with E-state index in [4.69, 9.17) is 11.6 Å². The zero-order valence-electron chi connectivity index (χ0n) is 20.6. The van der Waals surface area contributed by atoms with Crippen LogP contribution < -0.4 is 5.32 Å². The second kappa shape index (κ2) is 10.9. The number of hydrogen-bond acceptors (Lipinski definition) is 4. The van der Waals surface area contributed by atoms with Gasteiger partial charge in [0, 0.05) is 30.6 Å². The van der Waals surface area contributed by atoms with Gasteiger partial charge in [-0.1, -0.05) is 18.5 Å². The van der Waals surface area contributed by atoms with Crippen LogP contribution in [0, 0.1) is 11.6 Å². The number of nitrogens with one attached hydrogen (secondary N) is 1. The highest BCUT2D eigenvalue weighted by Gasteiger charge is 2.33. The second-order valence-electron chi connectivity index (χ2n) is 8.72. The van der Waals surface area contributed by atoms with E-state index in [0.29, 0.717) is 12.1 Å². The van der Waals surface area contributed by atoms with E-state index in [1.165, 1.54) is 31.7 Å². The Morgan fingerprint density at radius 2 is 1.74 bits per heavy atom. The zero-order chi connectivity index (χ0) is 28.5. The Balaban J connectivity index is 2.22. The summed E-state index contributed by atoms with van der Waals surface area (Å²) in [5, 5.41) is 2.45. The Morgan fingerprint density at radius 1 is 1.08 bits per heavy atom. The van der Waals surface area contributed by atoms with Gasteiger partial charge in [0.2, 0.25) is 5.82 Å². The molecule has 3 aromatic rings. The van der Waals surface area contributed by atoms with E-state index < -0.39 is 52.5 Å². The van der Waals surface area contributed by atoms with Crippen LogP contribution in [0.15, 0.2) is 36.4 Å². The van der Waals surface area contributed by atoms with E-state index in [9.17, 15) is 36.3 Å². The molecule has 0 unspecified atom stereocenters. The van der Waals surface area contributed by atoms with Crippen LogP contribution in [-0.2, 0) is 17.5 Å². The molecular formula is C25H22ClF5N4O3. The van der Waals surface area contributed by atoms with Gasteiger partial charge in [-0.05, 0) is 48.9 Å². The number of amides is 2. The molecule has 0 fully saturated rings. The fourth-order valence-corrected chi connectivity index (χ4v) is 4.08. The average molecular weight is 557 g/mol. The minimum absolute atomic E-state index is 0.0543. The molecule has 0 bridgehead atoms. The molecule has 3 rings (SSSR count). The molecular weight excluding hydrogens is 535 g/mol. The maximum Gasteiger partial charge on any atom is 0.416 e. The average Bonchev–Trinajstić information content (AvgIpc) is 3.15. The quantitative estimate of drug-likeness (QED) is 0.388. The highest BCUT2D eigenvalue weighted by molar-refractivity contribution is 6.31. The van der Waals surface area contributed by atoms with Crippen molar-refractivity contribution < 1.29 is 36.3 Å². The van der Waals surface area contributed by atoms with Crippen LogP contribution in [0.1, 0.15) is 57.6 Å². The van der Waals surface area contributed by atoms with Crippen molar-refractivity contribution in [3.8, 4) is 0 Å².